The molecule has 0 unspecified atom stereocenters. The van der Waals surface area contributed by atoms with Crippen molar-refractivity contribution >= 4 is 16.0 Å². The number of halogens is 3. The van der Waals surface area contributed by atoms with Crippen LogP contribution in [0, 0.1) is 23.4 Å². The third kappa shape index (κ3) is 2.82. The van der Waals surface area contributed by atoms with Gasteiger partial charge in [0.15, 0.2) is 4.90 Å². The normalized spacial score (nSPS) is 23.5. The molecule has 0 spiro atoms. The van der Waals surface area contributed by atoms with E-state index < -0.39 is 50.3 Å². The second-order valence-electron chi connectivity index (χ2n) is 5.14. The lowest BCUT2D eigenvalue weighted by atomic mass is 9.92. The summed E-state index contributed by atoms with van der Waals surface area (Å²) >= 11 is 0. The molecule has 1 N–H and O–H groups in total. The SMILES string of the molecule is C[C@@H]1[C@H](C(=O)O)CCCN1S(=O)(=O)c1c(F)cc(F)cc1F. The van der Waals surface area contributed by atoms with E-state index in [0.29, 0.717) is 0 Å². The molecule has 1 heterocycles. The van der Waals surface area contributed by atoms with Gasteiger partial charge in [0.1, 0.15) is 17.5 Å². The van der Waals surface area contributed by atoms with Crippen LogP contribution in [0.15, 0.2) is 17.0 Å². The second kappa shape index (κ2) is 5.88. The van der Waals surface area contributed by atoms with Crippen LogP contribution in [0.3, 0.4) is 0 Å². The molecule has 122 valence electrons. The number of carbonyl (C=O) groups is 1. The number of carboxylic acids is 1. The third-order valence-electron chi connectivity index (χ3n) is 3.78. The van der Waals surface area contributed by atoms with Crippen molar-refractivity contribution < 1.29 is 31.5 Å². The highest BCUT2D eigenvalue weighted by Crippen LogP contribution is 2.31. The number of hydrogen-bond acceptors (Lipinski definition) is 3. The van der Waals surface area contributed by atoms with Gasteiger partial charge in [0.25, 0.3) is 0 Å². The van der Waals surface area contributed by atoms with Gasteiger partial charge in [-0.1, -0.05) is 0 Å². The maximum atomic E-state index is 13.7. The van der Waals surface area contributed by atoms with Gasteiger partial charge in [-0.3, -0.25) is 4.79 Å². The standard InChI is InChI=1S/C13H14F3NO4S/c1-7-9(13(18)19)3-2-4-17(7)22(20,21)12-10(15)5-8(14)6-11(12)16/h5-7,9H,2-4H2,1H3,(H,18,19)/t7-,9-/m1/s1. The molecule has 1 aromatic carbocycles. The second-order valence-corrected chi connectivity index (χ2v) is 6.97. The Bertz CT molecular complexity index is 684. The Kier molecular flexibility index (Phi) is 4.48. The molecule has 5 nitrogen and oxygen atoms in total. The molecule has 1 fully saturated rings. The van der Waals surface area contributed by atoms with E-state index in [9.17, 15) is 26.4 Å². The molecule has 1 aliphatic rings. The van der Waals surface area contributed by atoms with E-state index in [0.717, 1.165) is 4.31 Å². The zero-order valence-corrected chi connectivity index (χ0v) is 12.4. The van der Waals surface area contributed by atoms with E-state index in [1.807, 2.05) is 0 Å². The fraction of sp³-hybridized carbons (Fsp3) is 0.462. The number of benzene rings is 1. The highest BCUT2D eigenvalue weighted by molar-refractivity contribution is 7.89. The van der Waals surface area contributed by atoms with E-state index in [4.69, 9.17) is 5.11 Å². The summed E-state index contributed by atoms with van der Waals surface area (Å²) in [4.78, 5) is 9.88. The minimum absolute atomic E-state index is 0.0520. The zero-order chi connectivity index (χ0) is 16.7. The molecule has 0 aromatic heterocycles. The molecule has 22 heavy (non-hydrogen) atoms. The summed E-state index contributed by atoms with van der Waals surface area (Å²) in [6.07, 6.45) is 0.530. The van der Waals surface area contributed by atoms with Gasteiger partial charge in [-0.15, -0.1) is 0 Å². The van der Waals surface area contributed by atoms with E-state index in [-0.39, 0.29) is 31.5 Å². The van der Waals surface area contributed by atoms with Crippen molar-refractivity contribution in [3.05, 3.63) is 29.6 Å². The van der Waals surface area contributed by atoms with Crippen molar-refractivity contribution in [2.45, 2.75) is 30.7 Å². The molecule has 0 saturated carbocycles. The fourth-order valence-electron chi connectivity index (χ4n) is 2.67. The summed E-state index contributed by atoms with van der Waals surface area (Å²) in [5.74, 6) is -6.45. The van der Waals surface area contributed by atoms with E-state index in [1.54, 1.807) is 0 Å². The van der Waals surface area contributed by atoms with Crippen LogP contribution in [0.2, 0.25) is 0 Å². The summed E-state index contributed by atoms with van der Waals surface area (Å²) in [6.45, 7) is 1.32. The number of nitrogens with zero attached hydrogens (tertiary/aromatic N) is 1. The number of carboxylic acid groups (broad SMARTS) is 1. The van der Waals surface area contributed by atoms with E-state index >= 15 is 0 Å². The van der Waals surface area contributed by atoms with Gasteiger partial charge in [0.2, 0.25) is 10.0 Å². The van der Waals surface area contributed by atoms with Gasteiger partial charge in [0.05, 0.1) is 5.92 Å². The topological polar surface area (TPSA) is 74.7 Å². The van der Waals surface area contributed by atoms with Crippen LogP contribution < -0.4 is 0 Å². The minimum Gasteiger partial charge on any atom is -0.481 e. The van der Waals surface area contributed by atoms with Gasteiger partial charge in [0, 0.05) is 24.7 Å². The Hall–Kier alpha value is -1.61. The quantitative estimate of drug-likeness (QED) is 0.915. The summed E-state index contributed by atoms with van der Waals surface area (Å²) in [6, 6.07) is -0.404. The Morgan fingerprint density at radius 3 is 2.32 bits per heavy atom. The maximum Gasteiger partial charge on any atom is 0.308 e. The molecule has 0 aliphatic carbocycles. The Morgan fingerprint density at radius 2 is 1.82 bits per heavy atom. The average molecular weight is 337 g/mol. The lowest BCUT2D eigenvalue weighted by Crippen LogP contribution is -2.49. The summed E-state index contributed by atoms with van der Waals surface area (Å²) < 4.78 is 66.1. The van der Waals surface area contributed by atoms with Gasteiger partial charge in [-0.25, -0.2) is 21.6 Å². The van der Waals surface area contributed by atoms with Crippen molar-refractivity contribution in [2.75, 3.05) is 6.54 Å². The predicted octanol–water partition coefficient (Wildman–Crippen LogP) is 1.98. The van der Waals surface area contributed by atoms with Crippen LogP contribution in [0.4, 0.5) is 13.2 Å². The maximum absolute atomic E-state index is 13.7. The molecule has 2 atom stereocenters. The summed E-state index contributed by atoms with van der Waals surface area (Å²) in [5.41, 5.74) is 0. The largest absolute Gasteiger partial charge is 0.481 e. The van der Waals surface area contributed by atoms with Crippen molar-refractivity contribution in [3.8, 4) is 0 Å². The summed E-state index contributed by atoms with van der Waals surface area (Å²) in [5, 5.41) is 9.09. The van der Waals surface area contributed by atoms with Crippen LogP contribution >= 0.6 is 0 Å². The molecule has 1 aliphatic heterocycles. The molecule has 1 saturated heterocycles. The van der Waals surface area contributed by atoms with Crippen LogP contribution in [0.1, 0.15) is 19.8 Å². The number of rotatable bonds is 3. The van der Waals surface area contributed by atoms with Gasteiger partial charge < -0.3 is 5.11 Å². The first-order valence-electron chi connectivity index (χ1n) is 6.55. The molecular weight excluding hydrogens is 323 g/mol. The molecule has 0 bridgehead atoms. The lowest BCUT2D eigenvalue weighted by Gasteiger charge is -2.36. The third-order valence-corrected chi connectivity index (χ3v) is 5.82. The number of piperidine rings is 1. The average Bonchev–Trinajstić information content (AvgIpc) is 2.36. The number of hydrogen-bond donors (Lipinski definition) is 1. The van der Waals surface area contributed by atoms with Crippen LogP contribution in [-0.4, -0.2) is 36.4 Å². The molecule has 1 aromatic rings. The first kappa shape index (κ1) is 16.8. The van der Waals surface area contributed by atoms with E-state index in [2.05, 4.69) is 0 Å². The Labute approximate surface area is 125 Å². The highest BCUT2D eigenvalue weighted by Gasteiger charge is 2.41. The van der Waals surface area contributed by atoms with Crippen LogP contribution in [-0.2, 0) is 14.8 Å². The number of sulfonamides is 1. The van der Waals surface area contributed by atoms with Crippen molar-refractivity contribution in [1.29, 1.82) is 0 Å². The van der Waals surface area contributed by atoms with Crippen molar-refractivity contribution in [3.63, 3.8) is 0 Å². The predicted molar refractivity (Wildman–Crippen MR) is 70.0 cm³/mol. The molecule has 0 amide bonds. The Balaban J connectivity index is 2.49. The fourth-order valence-corrected chi connectivity index (χ4v) is 4.47. The van der Waals surface area contributed by atoms with Gasteiger partial charge in [-0.05, 0) is 19.8 Å². The zero-order valence-electron chi connectivity index (χ0n) is 11.6. The highest BCUT2D eigenvalue weighted by atomic mass is 32.2. The first-order valence-corrected chi connectivity index (χ1v) is 7.99. The first-order chi connectivity index (χ1) is 10.2. The van der Waals surface area contributed by atoms with Gasteiger partial charge >= 0.3 is 5.97 Å². The van der Waals surface area contributed by atoms with Crippen molar-refractivity contribution in [1.82, 2.24) is 4.31 Å². The lowest BCUT2D eigenvalue weighted by molar-refractivity contribution is -0.144. The molecule has 2 rings (SSSR count). The molecular formula is C13H14F3NO4S. The van der Waals surface area contributed by atoms with Crippen LogP contribution in [0.5, 0.6) is 0 Å². The smallest absolute Gasteiger partial charge is 0.308 e. The van der Waals surface area contributed by atoms with Crippen molar-refractivity contribution in [2.24, 2.45) is 5.92 Å². The monoisotopic (exact) mass is 337 g/mol. The summed E-state index contributed by atoms with van der Waals surface area (Å²) in [7, 11) is -4.60. The van der Waals surface area contributed by atoms with E-state index in [1.165, 1.54) is 6.92 Å². The Morgan fingerprint density at radius 1 is 1.27 bits per heavy atom. The van der Waals surface area contributed by atoms with Gasteiger partial charge in [-0.2, -0.15) is 4.31 Å². The number of aliphatic carboxylic acids is 1. The molecule has 0 radical (unpaired) electrons. The van der Waals surface area contributed by atoms with Crippen LogP contribution in [0.25, 0.3) is 0 Å². The molecule has 9 heteroatoms. The minimum atomic E-state index is -4.60.